The number of rotatable bonds is 3. The molecule has 1 aromatic rings. The van der Waals surface area contributed by atoms with Gasteiger partial charge in [0.25, 0.3) is 0 Å². The molecule has 1 aromatic carbocycles. The summed E-state index contributed by atoms with van der Waals surface area (Å²) in [4.78, 5) is 2.30. The third-order valence-electron chi connectivity index (χ3n) is 3.73. The fraction of sp³-hybridized carbons (Fsp3) is 0.571. The minimum atomic E-state index is -0.679. The molecule has 1 aliphatic rings. The molecule has 1 heterocycles. The first kappa shape index (κ1) is 13.2. The first-order chi connectivity index (χ1) is 8.67. The lowest BCUT2D eigenvalue weighted by atomic mass is 9.95. The number of ether oxygens (including phenoxy) is 1. The largest absolute Gasteiger partial charge is 0.497 e. The summed E-state index contributed by atoms with van der Waals surface area (Å²) in [6.07, 6.45) is 2.49. The summed E-state index contributed by atoms with van der Waals surface area (Å²) in [5, 5.41) is 10.2. The van der Waals surface area contributed by atoms with Crippen LogP contribution < -0.4 is 15.4 Å². The highest BCUT2D eigenvalue weighted by molar-refractivity contribution is 5.49. The van der Waals surface area contributed by atoms with Gasteiger partial charge >= 0.3 is 0 Å². The molecular weight excluding hydrogens is 228 g/mol. The number of aliphatic hydroxyl groups is 1. The SMILES string of the molecule is COc1ccc(N2CCCC(O)(CN)CC2)cc1. The lowest BCUT2D eigenvalue weighted by molar-refractivity contribution is 0.0375. The van der Waals surface area contributed by atoms with E-state index in [2.05, 4.69) is 17.0 Å². The Labute approximate surface area is 108 Å². The lowest BCUT2D eigenvalue weighted by Crippen LogP contribution is -2.38. The van der Waals surface area contributed by atoms with Crippen molar-refractivity contribution in [1.29, 1.82) is 0 Å². The van der Waals surface area contributed by atoms with Crippen LogP contribution in [-0.4, -0.2) is 37.5 Å². The van der Waals surface area contributed by atoms with Gasteiger partial charge in [-0.25, -0.2) is 0 Å². The Morgan fingerprint density at radius 2 is 2.00 bits per heavy atom. The molecule has 0 spiro atoms. The van der Waals surface area contributed by atoms with Gasteiger partial charge in [-0.05, 0) is 43.5 Å². The fourth-order valence-electron chi connectivity index (χ4n) is 2.43. The van der Waals surface area contributed by atoms with Crippen molar-refractivity contribution < 1.29 is 9.84 Å². The van der Waals surface area contributed by atoms with Gasteiger partial charge in [0.2, 0.25) is 0 Å². The van der Waals surface area contributed by atoms with Crippen LogP contribution in [-0.2, 0) is 0 Å². The van der Waals surface area contributed by atoms with E-state index in [-0.39, 0.29) is 0 Å². The van der Waals surface area contributed by atoms with Crippen molar-refractivity contribution in [2.75, 3.05) is 31.6 Å². The Bertz CT molecular complexity index is 380. The monoisotopic (exact) mass is 250 g/mol. The molecule has 0 amide bonds. The molecule has 1 saturated heterocycles. The van der Waals surface area contributed by atoms with Crippen molar-refractivity contribution in [3.05, 3.63) is 24.3 Å². The predicted molar refractivity (Wildman–Crippen MR) is 73.1 cm³/mol. The van der Waals surface area contributed by atoms with E-state index in [0.717, 1.165) is 38.1 Å². The minimum Gasteiger partial charge on any atom is -0.497 e. The third-order valence-corrected chi connectivity index (χ3v) is 3.73. The summed E-state index contributed by atoms with van der Waals surface area (Å²) in [5.74, 6) is 0.868. The maximum atomic E-state index is 10.2. The molecule has 3 N–H and O–H groups in total. The standard InChI is InChI=1S/C14H22N2O2/c1-18-13-5-3-12(4-6-13)16-9-2-7-14(17,11-15)8-10-16/h3-6,17H,2,7-11,15H2,1H3. The molecule has 4 nitrogen and oxygen atoms in total. The van der Waals surface area contributed by atoms with Crippen LogP contribution in [0.4, 0.5) is 5.69 Å². The van der Waals surface area contributed by atoms with Crippen molar-refractivity contribution in [3.63, 3.8) is 0 Å². The summed E-state index contributed by atoms with van der Waals surface area (Å²) in [6.45, 7) is 2.16. The van der Waals surface area contributed by atoms with Crippen molar-refractivity contribution in [2.45, 2.75) is 24.9 Å². The van der Waals surface area contributed by atoms with Gasteiger partial charge in [0, 0.05) is 25.3 Å². The number of benzene rings is 1. The third kappa shape index (κ3) is 2.94. The molecule has 0 aromatic heterocycles. The Morgan fingerprint density at radius 1 is 1.28 bits per heavy atom. The van der Waals surface area contributed by atoms with Crippen LogP contribution in [0.15, 0.2) is 24.3 Å². The average molecular weight is 250 g/mol. The minimum absolute atomic E-state index is 0.351. The number of methoxy groups -OCH3 is 1. The highest BCUT2D eigenvalue weighted by Gasteiger charge is 2.28. The number of hydrogen-bond donors (Lipinski definition) is 2. The molecule has 1 aliphatic heterocycles. The molecule has 1 fully saturated rings. The quantitative estimate of drug-likeness (QED) is 0.851. The van der Waals surface area contributed by atoms with E-state index in [0.29, 0.717) is 6.54 Å². The van der Waals surface area contributed by atoms with E-state index < -0.39 is 5.60 Å². The number of anilines is 1. The number of nitrogens with two attached hydrogens (primary N) is 1. The molecule has 0 radical (unpaired) electrons. The van der Waals surface area contributed by atoms with Crippen molar-refractivity contribution >= 4 is 5.69 Å². The van der Waals surface area contributed by atoms with E-state index in [4.69, 9.17) is 10.5 Å². The fourth-order valence-corrected chi connectivity index (χ4v) is 2.43. The Morgan fingerprint density at radius 3 is 2.61 bits per heavy atom. The molecule has 1 atom stereocenters. The molecule has 1 unspecified atom stereocenters. The van der Waals surface area contributed by atoms with Gasteiger partial charge < -0.3 is 20.5 Å². The van der Waals surface area contributed by atoms with Gasteiger partial charge in [-0.1, -0.05) is 0 Å². The van der Waals surface area contributed by atoms with Gasteiger partial charge in [-0.15, -0.1) is 0 Å². The second-order valence-electron chi connectivity index (χ2n) is 4.97. The second-order valence-corrected chi connectivity index (χ2v) is 4.97. The normalized spacial score (nSPS) is 24.7. The molecule has 0 saturated carbocycles. The first-order valence-electron chi connectivity index (χ1n) is 6.48. The number of hydrogen-bond acceptors (Lipinski definition) is 4. The Hall–Kier alpha value is -1.26. The zero-order valence-electron chi connectivity index (χ0n) is 10.9. The average Bonchev–Trinajstić information content (AvgIpc) is 2.62. The van der Waals surface area contributed by atoms with E-state index in [1.807, 2.05) is 12.1 Å². The molecule has 4 heteroatoms. The zero-order valence-corrected chi connectivity index (χ0v) is 10.9. The van der Waals surface area contributed by atoms with Crippen LogP contribution in [0.3, 0.4) is 0 Å². The smallest absolute Gasteiger partial charge is 0.119 e. The van der Waals surface area contributed by atoms with Crippen molar-refractivity contribution in [2.24, 2.45) is 5.73 Å². The van der Waals surface area contributed by atoms with Crippen LogP contribution >= 0.6 is 0 Å². The molecular formula is C14H22N2O2. The van der Waals surface area contributed by atoms with Crippen LogP contribution in [0.2, 0.25) is 0 Å². The van der Waals surface area contributed by atoms with E-state index in [1.165, 1.54) is 5.69 Å². The van der Waals surface area contributed by atoms with E-state index in [9.17, 15) is 5.11 Å². The summed E-state index contributed by atoms with van der Waals surface area (Å²) in [6, 6.07) is 8.06. The highest BCUT2D eigenvalue weighted by atomic mass is 16.5. The summed E-state index contributed by atoms with van der Waals surface area (Å²) in [7, 11) is 1.67. The van der Waals surface area contributed by atoms with Crippen LogP contribution in [0.25, 0.3) is 0 Å². The van der Waals surface area contributed by atoms with Gasteiger partial charge in [0.1, 0.15) is 5.75 Å². The van der Waals surface area contributed by atoms with Gasteiger partial charge in [-0.3, -0.25) is 0 Å². The first-order valence-corrected chi connectivity index (χ1v) is 6.48. The molecule has 2 rings (SSSR count). The van der Waals surface area contributed by atoms with Gasteiger partial charge in [-0.2, -0.15) is 0 Å². The summed E-state index contributed by atoms with van der Waals surface area (Å²) < 4.78 is 5.16. The van der Waals surface area contributed by atoms with Crippen LogP contribution in [0.1, 0.15) is 19.3 Å². The Balaban J connectivity index is 2.05. The summed E-state index contributed by atoms with van der Waals surface area (Å²) >= 11 is 0. The van der Waals surface area contributed by atoms with Crippen molar-refractivity contribution in [1.82, 2.24) is 0 Å². The van der Waals surface area contributed by atoms with Crippen LogP contribution in [0, 0.1) is 0 Å². The molecule has 18 heavy (non-hydrogen) atoms. The lowest BCUT2D eigenvalue weighted by Gasteiger charge is -2.26. The highest BCUT2D eigenvalue weighted by Crippen LogP contribution is 2.26. The van der Waals surface area contributed by atoms with Crippen molar-refractivity contribution in [3.8, 4) is 5.75 Å². The topological polar surface area (TPSA) is 58.7 Å². The molecule has 0 bridgehead atoms. The number of nitrogens with zero attached hydrogens (tertiary/aromatic N) is 1. The maximum absolute atomic E-state index is 10.2. The molecule has 0 aliphatic carbocycles. The maximum Gasteiger partial charge on any atom is 0.119 e. The zero-order chi connectivity index (χ0) is 13.0. The van der Waals surface area contributed by atoms with E-state index >= 15 is 0 Å². The van der Waals surface area contributed by atoms with E-state index in [1.54, 1.807) is 7.11 Å². The summed E-state index contributed by atoms with van der Waals surface area (Å²) in [5.41, 5.74) is 6.14. The van der Waals surface area contributed by atoms with Gasteiger partial charge in [0.05, 0.1) is 12.7 Å². The Kier molecular flexibility index (Phi) is 4.09. The predicted octanol–water partition coefficient (Wildman–Crippen LogP) is 1.38. The van der Waals surface area contributed by atoms with Crippen LogP contribution in [0.5, 0.6) is 5.75 Å². The van der Waals surface area contributed by atoms with Gasteiger partial charge in [0.15, 0.2) is 0 Å². The molecule has 100 valence electrons. The second kappa shape index (κ2) is 5.59.